The Morgan fingerprint density at radius 3 is 2.33 bits per heavy atom. The monoisotopic (exact) mass is 374 g/mol. The summed E-state index contributed by atoms with van der Waals surface area (Å²) in [6.07, 6.45) is 1.71. The molecule has 0 radical (unpaired) electrons. The van der Waals surface area contributed by atoms with Crippen LogP contribution in [0.25, 0.3) is 6.08 Å². The fourth-order valence-corrected chi connectivity index (χ4v) is 2.41. The van der Waals surface area contributed by atoms with Gasteiger partial charge in [0, 0.05) is 11.6 Å². The van der Waals surface area contributed by atoms with E-state index in [0.29, 0.717) is 11.1 Å². The third-order valence-corrected chi connectivity index (χ3v) is 3.84. The smallest absolute Gasteiger partial charge is 0.387 e. The van der Waals surface area contributed by atoms with Gasteiger partial charge in [0.15, 0.2) is 6.10 Å². The highest BCUT2D eigenvalue weighted by Crippen LogP contribution is 2.17. The molecule has 0 spiro atoms. The van der Waals surface area contributed by atoms with Crippen molar-refractivity contribution in [3.63, 3.8) is 0 Å². The number of ether oxygens (including phenoxy) is 2. The Bertz CT molecular complexity index is 842. The van der Waals surface area contributed by atoms with Crippen LogP contribution in [0.5, 0.6) is 5.75 Å². The summed E-state index contributed by atoms with van der Waals surface area (Å²) >= 11 is 0. The first-order chi connectivity index (χ1) is 12.8. The van der Waals surface area contributed by atoms with E-state index in [1.54, 1.807) is 6.07 Å². The van der Waals surface area contributed by atoms with Crippen LogP contribution in [-0.4, -0.2) is 24.5 Å². The van der Waals surface area contributed by atoms with Gasteiger partial charge in [-0.2, -0.15) is 8.78 Å². The van der Waals surface area contributed by atoms with Crippen molar-refractivity contribution < 1.29 is 27.8 Å². The average molecular weight is 374 g/mol. The van der Waals surface area contributed by atoms with E-state index in [-0.39, 0.29) is 11.5 Å². The first-order valence-corrected chi connectivity index (χ1v) is 8.31. The largest absolute Gasteiger partial charge is 0.451 e. The molecule has 0 aliphatic rings. The Kier molecular flexibility index (Phi) is 6.82. The number of Topliss-reactive ketones (excluding diaryl/α,β-unsaturated/α-hetero) is 1. The van der Waals surface area contributed by atoms with Crippen molar-refractivity contribution in [2.75, 3.05) is 0 Å². The van der Waals surface area contributed by atoms with Crippen molar-refractivity contribution in [2.45, 2.75) is 33.5 Å². The molecule has 0 N–H and O–H groups in total. The third-order valence-electron chi connectivity index (χ3n) is 3.84. The summed E-state index contributed by atoms with van der Waals surface area (Å²) in [7, 11) is 0. The Morgan fingerprint density at radius 2 is 1.70 bits per heavy atom. The predicted octanol–water partition coefficient (Wildman–Crippen LogP) is 4.73. The molecule has 6 heteroatoms. The summed E-state index contributed by atoms with van der Waals surface area (Å²) in [6.45, 7) is 2.33. The van der Waals surface area contributed by atoms with Gasteiger partial charge < -0.3 is 9.47 Å². The lowest BCUT2D eigenvalue weighted by Gasteiger charge is -2.13. The van der Waals surface area contributed by atoms with Gasteiger partial charge in [-0.3, -0.25) is 4.79 Å². The van der Waals surface area contributed by atoms with Crippen LogP contribution in [0.15, 0.2) is 48.5 Å². The number of esters is 1. The van der Waals surface area contributed by atoms with Crippen molar-refractivity contribution in [1.82, 2.24) is 0 Å². The molecular weight excluding hydrogens is 354 g/mol. The zero-order chi connectivity index (χ0) is 20.0. The van der Waals surface area contributed by atoms with Gasteiger partial charge in [-0.25, -0.2) is 4.79 Å². The highest BCUT2D eigenvalue weighted by atomic mass is 19.3. The summed E-state index contributed by atoms with van der Waals surface area (Å²) in [5, 5.41) is 0. The van der Waals surface area contributed by atoms with Crippen LogP contribution in [0.1, 0.15) is 34.0 Å². The molecule has 1 atom stereocenters. The van der Waals surface area contributed by atoms with Crippen molar-refractivity contribution >= 4 is 17.8 Å². The summed E-state index contributed by atoms with van der Waals surface area (Å²) in [6, 6.07) is 11.3. The van der Waals surface area contributed by atoms with Gasteiger partial charge in [-0.05, 0) is 56.2 Å². The zero-order valence-corrected chi connectivity index (χ0v) is 15.2. The van der Waals surface area contributed by atoms with Crippen LogP contribution in [0.3, 0.4) is 0 Å². The Labute approximate surface area is 156 Å². The van der Waals surface area contributed by atoms with E-state index in [2.05, 4.69) is 4.74 Å². The maximum Gasteiger partial charge on any atom is 0.387 e. The first kappa shape index (κ1) is 20.3. The van der Waals surface area contributed by atoms with Crippen molar-refractivity contribution in [1.29, 1.82) is 0 Å². The zero-order valence-electron chi connectivity index (χ0n) is 15.2. The number of benzene rings is 2. The molecule has 0 amide bonds. The van der Waals surface area contributed by atoms with Gasteiger partial charge >= 0.3 is 12.6 Å². The van der Waals surface area contributed by atoms with Gasteiger partial charge in [0.1, 0.15) is 5.75 Å². The van der Waals surface area contributed by atoms with Gasteiger partial charge in [-0.15, -0.1) is 0 Å². The number of carbonyl (C=O) groups is 2. The summed E-state index contributed by atoms with van der Waals surface area (Å²) in [4.78, 5) is 24.4. The number of rotatable bonds is 7. The number of halogens is 2. The maximum absolute atomic E-state index is 12.5. The van der Waals surface area contributed by atoms with E-state index in [9.17, 15) is 18.4 Å². The summed E-state index contributed by atoms with van der Waals surface area (Å²) in [5.41, 5.74) is 2.88. The lowest BCUT2D eigenvalue weighted by Crippen LogP contribution is -2.24. The minimum atomic E-state index is -2.89. The van der Waals surface area contributed by atoms with Crippen molar-refractivity contribution in [3.05, 3.63) is 70.8 Å². The minimum absolute atomic E-state index is 0.0254. The Hall–Kier alpha value is -3.02. The molecule has 142 valence electrons. The van der Waals surface area contributed by atoms with Crippen LogP contribution < -0.4 is 4.74 Å². The van der Waals surface area contributed by atoms with Gasteiger partial charge in [0.25, 0.3) is 0 Å². The van der Waals surface area contributed by atoms with E-state index >= 15 is 0 Å². The van der Waals surface area contributed by atoms with Crippen LogP contribution in [0.4, 0.5) is 8.78 Å². The quantitative estimate of drug-likeness (QED) is 0.399. The van der Waals surface area contributed by atoms with Crippen molar-refractivity contribution in [2.24, 2.45) is 0 Å². The number of alkyl halides is 2. The molecule has 27 heavy (non-hydrogen) atoms. The number of carbonyl (C=O) groups excluding carboxylic acids is 2. The molecule has 0 aromatic heterocycles. The highest BCUT2D eigenvalue weighted by molar-refractivity contribution is 6.02. The van der Waals surface area contributed by atoms with Crippen LogP contribution in [0.2, 0.25) is 0 Å². The highest BCUT2D eigenvalue weighted by Gasteiger charge is 2.20. The molecule has 2 aromatic carbocycles. The average Bonchev–Trinajstić information content (AvgIpc) is 2.62. The molecule has 4 nitrogen and oxygen atoms in total. The van der Waals surface area contributed by atoms with Gasteiger partial charge in [-0.1, -0.05) is 29.8 Å². The molecule has 0 heterocycles. The topological polar surface area (TPSA) is 52.6 Å². The van der Waals surface area contributed by atoms with Crippen LogP contribution in [-0.2, 0) is 9.53 Å². The number of ketones is 1. The first-order valence-electron chi connectivity index (χ1n) is 8.31. The van der Waals surface area contributed by atoms with E-state index in [1.165, 1.54) is 43.3 Å². The molecular formula is C21H20F2O4. The Morgan fingerprint density at radius 1 is 1.04 bits per heavy atom. The summed E-state index contributed by atoms with van der Waals surface area (Å²) in [5.74, 6) is -0.919. The molecule has 0 aliphatic heterocycles. The number of hydrogen-bond acceptors (Lipinski definition) is 4. The summed E-state index contributed by atoms with van der Waals surface area (Å²) < 4.78 is 33.6. The lowest BCUT2D eigenvalue weighted by atomic mass is 9.99. The fourth-order valence-electron chi connectivity index (χ4n) is 2.41. The Balaban J connectivity index is 1.97. The number of hydrogen-bond donors (Lipinski definition) is 0. The molecule has 0 saturated carbocycles. The van der Waals surface area contributed by atoms with Crippen LogP contribution in [0, 0.1) is 13.8 Å². The number of aryl methyl sites for hydroxylation is 2. The van der Waals surface area contributed by atoms with Crippen LogP contribution >= 0.6 is 0 Å². The molecule has 0 aliphatic carbocycles. The van der Waals surface area contributed by atoms with E-state index < -0.39 is 18.7 Å². The minimum Gasteiger partial charge on any atom is -0.451 e. The fraction of sp³-hybridized carbons (Fsp3) is 0.238. The second-order valence-corrected chi connectivity index (χ2v) is 6.04. The van der Waals surface area contributed by atoms with Crippen molar-refractivity contribution in [3.8, 4) is 5.75 Å². The maximum atomic E-state index is 12.5. The molecule has 0 bridgehead atoms. The normalized spacial score (nSPS) is 12.2. The van der Waals surface area contributed by atoms with E-state index in [0.717, 1.165) is 11.1 Å². The van der Waals surface area contributed by atoms with E-state index in [4.69, 9.17) is 4.74 Å². The standard InChI is InChI=1S/C21H20F2O4/c1-13-4-5-14(2)18(12-13)20(25)15(3)26-19(24)11-8-16-6-9-17(10-7-16)27-21(22)23/h4-12,15,21H,1-3H3/b11-8+/t15-/m1/s1. The molecule has 0 fully saturated rings. The van der Waals surface area contributed by atoms with Gasteiger partial charge in [0.05, 0.1) is 0 Å². The SMILES string of the molecule is Cc1ccc(C)c(C(=O)[C@@H](C)OC(=O)/C=C/c2ccc(OC(F)F)cc2)c1. The van der Waals surface area contributed by atoms with E-state index in [1.807, 2.05) is 26.0 Å². The predicted molar refractivity (Wildman–Crippen MR) is 97.9 cm³/mol. The lowest BCUT2D eigenvalue weighted by molar-refractivity contribution is -0.140. The molecule has 2 rings (SSSR count). The van der Waals surface area contributed by atoms with Gasteiger partial charge in [0.2, 0.25) is 5.78 Å². The molecule has 2 aromatic rings. The molecule has 0 unspecified atom stereocenters. The third kappa shape index (κ3) is 6.02. The second-order valence-electron chi connectivity index (χ2n) is 6.04. The second kappa shape index (κ2) is 9.07. The molecule has 0 saturated heterocycles.